The second-order valence-electron chi connectivity index (χ2n) is 6.49. The highest BCUT2D eigenvalue weighted by molar-refractivity contribution is 6.31. The van der Waals surface area contributed by atoms with E-state index >= 15 is 0 Å². The van der Waals surface area contributed by atoms with E-state index in [2.05, 4.69) is 32.3 Å². The lowest BCUT2D eigenvalue weighted by Crippen LogP contribution is -2.34. The minimum Gasteiger partial charge on any atom is -0.369 e. The normalized spacial score (nSPS) is 14.7. The highest BCUT2D eigenvalue weighted by Crippen LogP contribution is 2.29. The highest BCUT2D eigenvalue weighted by Gasteiger charge is 2.20. The number of H-pyrrole nitrogens is 1. The van der Waals surface area contributed by atoms with Gasteiger partial charge in [-0.1, -0.05) is 23.2 Å². The minimum atomic E-state index is 0.702. The number of rotatable bonds is 4. The Morgan fingerprint density at radius 2 is 2.12 bits per heavy atom. The van der Waals surface area contributed by atoms with Crippen molar-refractivity contribution in [2.24, 2.45) is 0 Å². The molecule has 4 rings (SSSR count). The molecule has 2 N–H and O–H groups in total. The van der Waals surface area contributed by atoms with Crippen LogP contribution in [0.2, 0.25) is 10.0 Å². The Balaban J connectivity index is 1.39. The van der Waals surface area contributed by atoms with E-state index in [1.54, 1.807) is 0 Å². The van der Waals surface area contributed by atoms with Gasteiger partial charge in [-0.05, 0) is 49.2 Å². The van der Waals surface area contributed by atoms with Crippen molar-refractivity contribution in [1.82, 2.24) is 14.9 Å². The zero-order chi connectivity index (χ0) is 17.4. The van der Waals surface area contributed by atoms with Gasteiger partial charge in [0.15, 0.2) is 0 Å². The molecule has 3 heterocycles. The van der Waals surface area contributed by atoms with E-state index in [0.29, 0.717) is 5.02 Å². The summed E-state index contributed by atoms with van der Waals surface area (Å²) < 4.78 is 0. The number of hydrogen-bond acceptors (Lipinski definition) is 3. The fourth-order valence-electron chi connectivity index (χ4n) is 3.44. The van der Waals surface area contributed by atoms with Crippen molar-refractivity contribution in [3.63, 3.8) is 0 Å². The van der Waals surface area contributed by atoms with E-state index in [9.17, 15) is 0 Å². The molecule has 1 aliphatic rings. The van der Waals surface area contributed by atoms with Crippen molar-refractivity contribution < 1.29 is 0 Å². The van der Waals surface area contributed by atoms with Crippen LogP contribution in [0.25, 0.3) is 10.9 Å². The van der Waals surface area contributed by atoms with Gasteiger partial charge in [0.05, 0.1) is 10.7 Å². The standard InChI is InChI=1S/C19H20Cl2N4/c1-12-16(21)3-5-19(23-12)22-7-9-25-8-6-14-15-10-13(20)2-4-17(15)24-18(14)11-25/h2-5,10,24H,6-9,11H2,1H3,(H,22,23). The SMILES string of the molecule is Cc1nc(NCCN2CCc3c([nH]c4ccc(Cl)cc34)C2)ccc1Cl. The molecular weight excluding hydrogens is 355 g/mol. The largest absolute Gasteiger partial charge is 0.369 e. The lowest BCUT2D eigenvalue weighted by molar-refractivity contribution is 0.262. The number of benzene rings is 1. The number of anilines is 1. The van der Waals surface area contributed by atoms with Gasteiger partial charge >= 0.3 is 0 Å². The van der Waals surface area contributed by atoms with Gasteiger partial charge in [0.25, 0.3) is 0 Å². The topological polar surface area (TPSA) is 44.0 Å². The fraction of sp³-hybridized carbons (Fsp3) is 0.316. The summed E-state index contributed by atoms with van der Waals surface area (Å²) >= 11 is 12.2. The average molecular weight is 375 g/mol. The Kier molecular flexibility index (Phi) is 4.59. The van der Waals surface area contributed by atoms with Crippen LogP contribution in [0, 0.1) is 6.92 Å². The summed E-state index contributed by atoms with van der Waals surface area (Å²) in [5.74, 6) is 0.875. The van der Waals surface area contributed by atoms with E-state index in [1.165, 1.54) is 22.2 Å². The van der Waals surface area contributed by atoms with Crippen molar-refractivity contribution in [2.45, 2.75) is 19.9 Å². The van der Waals surface area contributed by atoms with E-state index in [4.69, 9.17) is 23.2 Å². The van der Waals surface area contributed by atoms with Crippen LogP contribution in [0.4, 0.5) is 5.82 Å². The van der Waals surface area contributed by atoms with Crippen molar-refractivity contribution in [1.29, 1.82) is 0 Å². The predicted octanol–water partition coefficient (Wildman–Crippen LogP) is 4.65. The summed E-state index contributed by atoms with van der Waals surface area (Å²) in [4.78, 5) is 10.4. The Morgan fingerprint density at radius 1 is 1.24 bits per heavy atom. The van der Waals surface area contributed by atoms with Crippen LogP contribution in [0.15, 0.2) is 30.3 Å². The monoisotopic (exact) mass is 374 g/mol. The molecule has 1 aromatic carbocycles. The Hall–Kier alpha value is -1.75. The van der Waals surface area contributed by atoms with Crippen molar-refractivity contribution in [3.05, 3.63) is 57.3 Å². The molecule has 2 aromatic heterocycles. The molecule has 0 bridgehead atoms. The lowest BCUT2D eigenvalue weighted by atomic mass is 10.0. The Morgan fingerprint density at radius 3 is 2.96 bits per heavy atom. The third-order valence-corrected chi connectivity index (χ3v) is 5.41. The molecule has 0 radical (unpaired) electrons. The molecule has 4 nitrogen and oxygen atoms in total. The summed E-state index contributed by atoms with van der Waals surface area (Å²) in [5, 5.41) is 6.14. The van der Waals surface area contributed by atoms with E-state index in [0.717, 1.165) is 49.1 Å². The van der Waals surface area contributed by atoms with Crippen LogP contribution in [0.3, 0.4) is 0 Å². The summed E-state index contributed by atoms with van der Waals surface area (Å²) in [5.41, 5.74) is 4.75. The average Bonchev–Trinajstić information content (AvgIpc) is 2.95. The molecule has 6 heteroatoms. The molecule has 0 saturated heterocycles. The number of aromatic amines is 1. The molecule has 0 saturated carbocycles. The number of hydrogen-bond donors (Lipinski definition) is 2. The maximum Gasteiger partial charge on any atom is 0.126 e. The first-order chi connectivity index (χ1) is 12.1. The molecule has 1 aliphatic heterocycles. The van der Waals surface area contributed by atoms with Crippen LogP contribution in [-0.2, 0) is 13.0 Å². The summed E-state index contributed by atoms with van der Waals surface area (Å²) in [6, 6.07) is 9.88. The van der Waals surface area contributed by atoms with Crippen molar-refractivity contribution in [3.8, 4) is 0 Å². The molecule has 0 aliphatic carbocycles. The van der Waals surface area contributed by atoms with Crippen LogP contribution in [-0.4, -0.2) is 34.5 Å². The molecule has 25 heavy (non-hydrogen) atoms. The molecule has 130 valence electrons. The summed E-state index contributed by atoms with van der Waals surface area (Å²) in [6.45, 7) is 5.74. The molecule has 0 fully saturated rings. The van der Waals surface area contributed by atoms with Crippen LogP contribution >= 0.6 is 23.2 Å². The van der Waals surface area contributed by atoms with E-state index in [-0.39, 0.29) is 0 Å². The second-order valence-corrected chi connectivity index (χ2v) is 7.33. The van der Waals surface area contributed by atoms with Gasteiger partial charge in [-0.15, -0.1) is 0 Å². The molecule has 0 amide bonds. The molecule has 0 unspecified atom stereocenters. The van der Waals surface area contributed by atoms with Gasteiger partial charge in [-0.3, -0.25) is 4.90 Å². The highest BCUT2D eigenvalue weighted by atomic mass is 35.5. The van der Waals surface area contributed by atoms with Gasteiger partial charge in [0.1, 0.15) is 5.82 Å². The maximum atomic E-state index is 6.15. The van der Waals surface area contributed by atoms with Gasteiger partial charge in [0, 0.05) is 47.8 Å². The molecule has 3 aromatic rings. The third kappa shape index (κ3) is 3.47. The summed E-state index contributed by atoms with van der Waals surface area (Å²) in [6.07, 6.45) is 1.05. The molecule has 0 spiro atoms. The third-order valence-electron chi connectivity index (χ3n) is 4.77. The number of fused-ring (bicyclic) bond motifs is 3. The van der Waals surface area contributed by atoms with E-state index < -0.39 is 0 Å². The first-order valence-corrected chi connectivity index (χ1v) is 9.24. The molecule has 0 atom stereocenters. The first-order valence-electron chi connectivity index (χ1n) is 8.48. The number of nitrogens with one attached hydrogen (secondary N) is 2. The van der Waals surface area contributed by atoms with Crippen molar-refractivity contribution >= 4 is 39.9 Å². The Bertz CT molecular complexity index is 919. The molecular formula is C19H20Cl2N4. The van der Waals surface area contributed by atoms with Crippen LogP contribution in [0.1, 0.15) is 17.0 Å². The zero-order valence-electron chi connectivity index (χ0n) is 14.1. The number of halogens is 2. The zero-order valence-corrected chi connectivity index (χ0v) is 15.6. The lowest BCUT2D eigenvalue weighted by Gasteiger charge is -2.27. The fourth-order valence-corrected chi connectivity index (χ4v) is 3.72. The van der Waals surface area contributed by atoms with Crippen molar-refractivity contribution in [2.75, 3.05) is 25.0 Å². The first kappa shape index (κ1) is 16.7. The number of aromatic nitrogens is 2. The number of aryl methyl sites for hydroxylation is 1. The minimum absolute atomic E-state index is 0.702. The number of nitrogens with zero attached hydrogens (tertiary/aromatic N) is 2. The van der Waals surface area contributed by atoms with Gasteiger partial charge in [-0.25, -0.2) is 4.98 Å². The van der Waals surface area contributed by atoms with E-state index in [1.807, 2.05) is 25.1 Å². The van der Waals surface area contributed by atoms with Gasteiger partial charge in [-0.2, -0.15) is 0 Å². The van der Waals surface area contributed by atoms with Gasteiger partial charge in [0.2, 0.25) is 0 Å². The Labute approximate surface area is 157 Å². The maximum absolute atomic E-state index is 6.15. The predicted molar refractivity (Wildman–Crippen MR) is 105 cm³/mol. The van der Waals surface area contributed by atoms with Crippen LogP contribution < -0.4 is 5.32 Å². The second kappa shape index (κ2) is 6.87. The number of pyridine rings is 1. The quantitative estimate of drug-likeness (QED) is 0.698. The van der Waals surface area contributed by atoms with Gasteiger partial charge < -0.3 is 10.3 Å². The smallest absolute Gasteiger partial charge is 0.126 e. The van der Waals surface area contributed by atoms with Crippen LogP contribution in [0.5, 0.6) is 0 Å². The summed E-state index contributed by atoms with van der Waals surface area (Å²) in [7, 11) is 0.